The quantitative estimate of drug-likeness (QED) is 0.624. The molecular formula is C19H24N2O3. The first kappa shape index (κ1) is 14.8. The van der Waals surface area contributed by atoms with Crippen molar-refractivity contribution in [3.8, 4) is 0 Å². The second-order valence-corrected chi connectivity index (χ2v) is 8.41. The van der Waals surface area contributed by atoms with Crippen LogP contribution in [0.15, 0.2) is 24.3 Å². The molecule has 5 heteroatoms. The maximum absolute atomic E-state index is 10.9. The predicted octanol–water partition coefficient (Wildman–Crippen LogP) is 3.89. The minimum Gasteiger partial charge on any atom is -0.357 e. The molecule has 0 unspecified atom stereocenters. The van der Waals surface area contributed by atoms with Gasteiger partial charge in [0.25, 0.3) is 5.69 Å². The Morgan fingerprint density at radius 2 is 1.62 bits per heavy atom. The van der Waals surface area contributed by atoms with Crippen molar-refractivity contribution in [2.45, 2.75) is 50.3 Å². The van der Waals surface area contributed by atoms with Gasteiger partial charge in [0, 0.05) is 24.2 Å². The number of nitro groups is 1. The molecule has 1 heterocycles. The third kappa shape index (κ3) is 2.21. The molecule has 1 atom stereocenters. The van der Waals surface area contributed by atoms with Gasteiger partial charge in [-0.05, 0) is 74.0 Å². The third-order valence-electron chi connectivity index (χ3n) is 6.90. The zero-order valence-electron chi connectivity index (χ0n) is 13.9. The number of benzene rings is 1. The van der Waals surface area contributed by atoms with Gasteiger partial charge >= 0.3 is 0 Å². The van der Waals surface area contributed by atoms with Crippen molar-refractivity contribution in [3.05, 3.63) is 39.9 Å². The average molecular weight is 328 g/mol. The molecule has 5 nitrogen and oxygen atoms in total. The summed E-state index contributed by atoms with van der Waals surface area (Å²) in [6, 6.07) is 6.97. The molecular weight excluding hydrogens is 304 g/mol. The SMILES string of the molecule is O=[N+]([O-])c1ccc([C@H]2OCCN2C23CC4CC(CC(C4)C2)C3)cc1. The van der Waals surface area contributed by atoms with E-state index in [4.69, 9.17) is 4.74 Å². The summed E-state index contributed by atoms with van der Waals surface area (Å²) in [5.74, 6) is 2.73. The summed E-state index contributed by atoms with van der Waals surface area (Å²) < 4.78 is 6.10. The molecule has 1 aromatic carbocycles. The van der Waals surface area contributed by atoms with E-state index in [2.05, 4.69) is 4.90 Å². The topological polar surface area (TPSA) is 55.6 Å². The Labute approximate surface area is 142 Å². The van der Waals surface area contributed by atoms with Gasteiger partial charge in [-0.1, -0.05) is 0 Å². The summed E-state index contributed by atoms with van der Waals surface area (Å²) in [6.45, 7) is 1.76. The lowest BCUT2D eigenvalue weighted by Crippen LogP contribution is -2.59. The standard InChI is InChI=1S/C19H24N2O3/c22-21(23)17-3-1-16(2-4-17)18-20(5-6-24-18)19-10-13-7-14(11-19)9-15(8-13)12-19/h1-4,13-15,18H,5-12H2/t13?,14?,15?,18-,19?/m1/s1. The second kappa shape index (κ2) is 5.27. The summed E-state index contributed by atoms with van der Waals surface area (Å²) in [5.41, 5.74) is 1.53. The molecule has 4 bridgehead atoms. The first-order valence-corrected chi connectivity index (χ1v) is 9.26. The van der Waals surface area contributed by atoms with E-state index in [0.717, 1.165) is 36.5 Å². The van der Waals surface area contributed by atoms with Crippen molar-refractivity contribution in [2.24, 2.45) is 17.8 Å². The minimum atomic E-state index is -0.337. The van der Waals surface area contributed by atoms with Crippen LogP contribution in [0.1, 0.15) is 50.3 Å². The van der Waals surface area contributed by atoms with Crippen LogP contribution in [0, 0.1) is 27.9 Å². The van der Waals surface area contributed by atoms with Crippen LogP contribution in [0.4, 0.5) is 5.69 Å². The molecule has 0 spiro atoms. The van der Waals surface area contributed by atoms with Gasteiger partial charge in [-0.25, -0.2) is 0 Å². The van der Waals surface area contributed by atoms with Gasteiger partial charge in [-0.3, -0.25) is 15.0 Å². The average Bonchev–Trinajstić information content (AvgIpc) is 3.04. The minimum absolute atomic E-state index is 0.0259. The lowest BCUT2D eigenvalue weighted by molar-refractivity contribution is -0.384. The molecule has 4 saturated carbocycles. The Morgan fingerprint density at radius 1 is 1.04 bits per heavy atom. The largest absolute Gasteiger partial charge is 0.357 e. The van der Waals surface area contributed by atoms with Crippen molar-refractivity contribution < 1.29 is 9.66 Å². The van der Waals surface area contributed by atoms with E-state index in [9.17, 15) is 10.1 Å². The van der Waals surface area contributed by atoms with Gasteiger partial charge in [-0.15, -0.1) is 0 Å². The van der Waals surface area contributed by atoms with Gasteiger partial charge in [0.2, 0.25) is 0 Å². The van der Waals surface area contributed by atoms with Crippen LogP contribution in [0.5, 0.6) is 0 Å². The molecule has 1 aliphatic heterocycles. The highest BCUT2D eigenvalue weighted by Gasteiger charge is 2.55. The Bertz CT molecular complexity index is 622. The van der Waals surface area contributed by atoms with Crippen LogP contribution in [0.2, 0.25) is 0 Å². The van der Waals surface area contributed by atoms with E-state index in [1.807, 2.05) is 12.1 Å². The maximum Gasteiger partial charge on any atom is 0.269 e. The van der Waals surface area contributed by atoms with E-state index in [1.54, 1.807) is 12.1 Å². The first-order valence-electron chi connectivity index (χ1n) is 9.26. The summed E-state index contributed by atoms with van der Waals surface area (Å²) in [7, 11) is 0. The number of hydrogen-bond acceptors (Lipinski definition) is 4. The van der Waals surface area contributed by atoms with E-state index >= 15 is 0 Å². The monoisotopic (exact) mass is 328 g/mol. The Morgan fingerprint density at radius 3 is 2.17 bits per heavy atom. The van der Waals surface area contributed by atoms with Crippen LogP contribution in [-0.2, 0) is 4.74 Å². The fourth-order valence-electron chi connectivity index (χ4n) is 6.41. The van der Waals surface area contributed by atoms with Gasteiger partial charge < -0.3 is 4.74 Å². The molecule has 0 N–H and O–H groups in total. The number of non-ortho nitro benzene ring substituents is 1. The van der Waals surface area contributed by atoms with E-state index in [1.165, 1.54) is 38.5 Å². The number of ether oxygens (including phenoxy) is 1. The number of rotatable bonds is 3. The number of nitro benzene ring substituents is 1. The highest BCUT2D eigenvalue weighted by Crippen LogP contribution is 2.59. The van der Waals surface area contributed by atoms with Gasteiger partial charge in [0.05, 0.1) is 11.5 Å². The zero-order valence-corrected chi connectivity index (χ0v) is 13.9. The van der Waals surface area contributed by atoms with Crippen LogP contribution in [-0.4, -0.2) is 28.5 Å². The Balaban J connectivity index is 1.44. The third-order valence-corrected chi connectivity index (χ3v) is 6.90. The van der Waals surface area contributed by atoms with Crippen molar-refractivity contribution in [1.82, 2.24) is 4.90 Å². The van der Waals surface area contributed by atoms with Gasteiger partial charge in [-0.2, -0.15) is 0 Å². The number of nitrogens with zero attached hydrogens (tertiary/aromatic N) is 2. The fraction of sp³-hybridized carbons (Fsp3) is 0.684. The van der Waals surface area contributed by atoms with Gasteiger partial charge in [0.1, 0.15) is 6.23 Å². The van der Waals surface area contributed by atoms with Crippen LogP contribution < -0.4 is 0 Å². The predicted molar refractivity (Wildman–Crippen MR) is 89.4 cm³/mol. The molecule has 5 aliphatic rings. The molecule has 1 aromatic rings. The first-order chi connectivity index (χ1) is 11.6. The highest BCUT2D eigenvalue weighted by atomic mass is 16.6. The lowest BCUT2D eigenvalue weighted by atomic mass is 9.52. The van der Waals surface area contributed by atoms with E-state index in [-0.39, 0.29) is 16.8 Å². The van der Waals surface area contributed by atoms with Gasteiger partial charge in [0.15, 0.2) is 0 Å². The molecule has 0 radical (unpaired) electrons. The van der Waals surface area contributed by atoms with Crippen molar-refractivity contribution >= 4 is 5.69 Å². The van der Waals surface area contributed by atoms with Crippen molar-refractivity contribution in [1.29, 1.82) is 0 Å². The maximum atomic E-state index is 10.9. The summed E-state index contributed by atoms with van der Waals surface area (Å²) in [5, 5.41) is 10.9. The Kier molecular flexibility index (Phi) is 3.26. The normalized spacial score (nSPS) is 41.0. The Hall–Kier alpha value is -1.46. The van der Waals surface area contributed by atoms with Crippen LogP contribution in [0.25, 0.3) is 0 Å². The molecule has 0 amide bonds. The second-order valence-electron chi connectivity index (χ2n) is 8.41. The summed E-state index contributed by atoms with van der Waals surface area (Å²) in [6.07, 6.45) is 8.27. The lowest BCUT2D eigenvalue weighted by Gasteiger charge is -2.60. The fourth-order valence-corrected chi connectivity index (χ4v) is 6.41. The van der Waals surface area contributed by atoms with Crippen LogP contribution in [0.3, 0.4) is 0 Å². The smallest absolute Gasteiger partial charge is 0.269 e. The van der Waals surface area contributed by atoms with Crippen molar-refractivity contribution in [3.63, 3.8) is 0 Å². The van der Waals surface area contributed by atoms with E-state index < -0.39 is 0 Å². The molecule has 6 rings (SSSR count). The van der Waals surface area contributed by atoms with E-state index in [0.29, 0.717) is 5.54 Å². The van der Waals surface area contributed by atoms with Crippen molar-refractivity contribution in [2.75, 3.05) is 13.2 Å². The molecule has 128 valence electrons. The zero-order chi connectivity index (χ0) is 16.3. The molecule has 5 fully saturated rings. The summed E-state index contributed by atoms with van der Waals surface area (Å²) in [4.78, 5) is 13.2. The molecule has 1 saturated heterocycles. The van der Waals surface area contributed by atoms with Crippen LogP contribution >= 0.6 is 0 Å². The molecule has 24 heavy (non-hydrogen) atoms. The molecule has 0 aromatic heterocycles. The number of hydrogen-bond donors (Lipinski definition) is 0. The molecule has 4 aliphatic carbocycles. The highest BCUT2D eigenvalue weighted by molar-refractivity contribution is 5.34. The summed E-state index contributed by atoms with van der Waals surface area (Å²) >= 11 is 0.